The molecule has 3 heteroatoms. The van der Waals surface area contributed by atoms with Crippen LogP contribution in [0.4, 0.5) is 5.69 Å². The zero-order valence-corrected chi connectivity index (χ0v) is 14.7. The van der Waals surface area contributed by atoms with E-state index in [2.05, 4.69) is 43.1 Å². The van der Waals surface area contributed by atoms with Crippen LogP contribution in [0.3, 0.4) is 0 Å². The highest BCUT2D eigenvalue weighted by Gasteiger charge is 2.13. The van der Waals surface area contributed by atoms with Crippen LogP contribution in [-0.2, 0) is 6.54 Å². The SMILES string of the molecule is CCCCN(CCCC)c1cccc(Cl)c1CNCCC. The zero-order chi connectivity index (χ0) is 15.5. The lowest BCUT2D eigenvalue weighted by atomic mass is 10.1. The number of anilines is 1. The van der Waals surface area contributed by atoms with Crippen LogP contribution in [-0.4, -0.2) is 19.6 Å². The fourth-order valence-electron chi connectivity index (χ4n) is 2.46. The molecule has 0 unspecified atom stereocenters. The third-order valence-corrected chi connectivity index (χ3v) is 4.08. The van der Waals surface area contributed by atoms with Gasteiger partial charge in [-0.3, -0.25) is 0 Å². The molecule has 0 aliphatic rings. The second kappa shape index (κ2) is 10.9. The molecule has 0 aliphatic carbocycles. The first kappa shape index (κ1) is 18.3. The molecule has 0 saturated carbocycles. The molecule has 0 bridgehead atoms. The Hall–Kier alpha value is -0.730. The first-order chi connectivity index (χ1) is 10.2. The van der Waals surface area contributed by atoms with Crippen LogP contribution in [0.2, 0.25) is 5.02 Å². The summed E-state index contributed by atoms with van der Waals surface area (Å²) in [6, 6.07) is 6.30. The van der Waals surface area contributed by atoms with Crippen LogP contribution >= 0.6 is 11.6 Å². The average molecular weight is 311 g/mol. The molecule has 1 aromatic carbocycles. The Labute approximate surface area is 135 Å². The first-order valence-corrected chi connectivity index (χ1v) is 8.85. The number of unbranched alkanes of at least 4 members (excludes halogenated alkanes) is 2. The van der Waals surface area contributed by atoms with E-state index in [1.165, 1.54) is 36.9 Å². The van der Waals surface area contributed by atoms with Crippen LogP contribution in [0.5, 0.6) is 0 Å². The van der Waals surface area contributed by atoms with Crippen molar-refractivity contribution in [3.63, 3.8) is 0 Å². The molecule has 0 spiro atoms. The monoisotopic (exact) mass is 310 g/mol. The minimum Gasteiger partial charge on any atom is -0.371 e. The number of nitrogens with one attached hydrogen (secondary N) is 1. The molecule has 2 nitrogen and oxygen atoms in total. The minimum atomic E-state index is 0.859. The van der Waals surface area contributed by atoms with Gasteiger partial charge in [-0.05, 0) is 37.9 Å². The van der Waals surface area contributed by atoms with Gasteiger partial charge in [0.05, 0.1) is 0 Å². The highest BCUT2D eigenvalue weighted by atomic mass is 35.5. The smallest absolute Gasteiger partial charge is 0.0471 e. The third kappa shape index (κ3) is 6.27. The lowest BCUT2D eigenvalue weighted by Gasteiger charge is -2.28. The molecule has 0 amide bonds. The van der Waals surface area contributed by atoms with Crippen LogP contribution < -0.4 is 10.2 Å². The summed E-state index contributed by atoms with van der Waals surface area (Å²) in [7, 11) is 0. The van der Waals surface area contributed by atoms with Crippen molar-refractivity contribution in [2.75, 3.05) is 24.5 Å². The predicted molar refractivity (Wildman–Crippen MR) is 95.5 cm³/mol. The van der Waals surface area contributed by atoms with E-state index in [9.17, 15) is 0 Å². The van der Waals surface area contributed by atoms with E-state index in [0.29, 0.717) is 0 Å². The van der Waals surface area contributed by atoms with Gasteiger partial charge in [-0.25, -0.2) is 0 Å². The summed E-state index contributed by atoms with van der Waals surface area (Å²) in [5, 5.41) is 4.37. The summed E-state index contributed by atoms with van der Waals surface area (Å²) in [6.07, 6.45) is 6.07. The van der Waals surface area contributed by atoms with Gasteiger partial charge in [-0.15, -0.1) is 0 Å². The second-order valence-corrected chi connectivity index (χ2v) is 6.02. The normalized spacial score (nSPS) is 10.9. The van der Waals surface area contributed by atoms with Gasteiger partial charge in [-0.2, -0.15) is 0 Å². The Morgan fingerprint density at radius 3 is 2.24 bits per heavy atom. The molecule has 0 atom stereocenters. The number of nitrogens with zero attached hydrogens (tertiary/aromatic N) is 1. The largest absolute Gasteiger partial charge is 0.371 e. The highest BCUT2D eigenvalue weighted by Crippen LogP contribution is 2.28. The summed E-state index contributed by atoms with van der Waals surface area (Å²) in [5.41, 5.74) is 2.56. The molecular formula is C18H31ClN2. The fraction of sp³-hybridized carbons (Fsp3) is 0.667. The Balaban J connectivity index is 2.90. The molecule has 1 aromatic rings. The van der Waals surface area contributed by atoms with E-state index in [1.807, 2.05) is 6.07 Å². The third-order valence-electron chi connectivity index (χ3n) is 3.73. The van der Waals surface area contributed by atoms with E-state index in [4.69, 9.17) is 11.6 Å². The molecule has 21 heavy (non-hydrogen) atoms. The maximum atomic E-state index is 6.45. The van der Waals surface area contributed by atoms with E-state index < -0.39 is 0 Å². The molecule has 0 aliphatic heterocycles. The van der Waals surface area contributed by atoms with Gasteiger partial charge in [0, 0.05) is 35.9 Å². The first-order valence-electron chi connectivity index (χ1n) is 8.47. The number of hydrogen-bond acceptors (Lipinski definition) is 2. The van der Waals surface area contributed by atoms with Gasteiger partial charge in [0.1, 0.15) is 0 Å². The van der Waals surface area contributed by atoms with Crippen molar-refractivity contribution >= 4 is 17.3 Å². The van der Waals surface area contributed by atoms with Gasteiger partial charge in [0.25, 0.3) is 0 Å². The predicted octanol–water partition coefficient (Wildman–Crippen LogP) is 5.25. The van der Waals surface area contributed by atoms with Gasteiger partial charge in [-0.1, -0.05) is 51.3 Å². The van der Waals surface area contributed by atoms with E-state index in [0.717, 1.165) is 37.6 Å². The van der Waals surface area contributed by atoms with Crippen LogP contribution in [0.15, 0.2) is 18.2 Å². The lowest BCUT2D eigenvalue weighted by molar-refractivity contribution is 0.656. The Kier molecular flexibility index (Phi) is 9.53. The Bertz CT molecular complexity index is 385. The second-order valence-electron chi connectivity index (χ2n) is 5.61. The van der Waals surface area contributed by atoms with Crippen molar-refractivity contribution in [3.8, 4) is 0 Å². The van der Waals surface area contributed by atoms with Crippen molar-refractivity contribution in [3.05, 3.63) is 28.8 Å². The summed E-state index contributed by atoms with van der Waals surface area (Å²) in [6.45, 7) is 10.8. The fourth-order valence-corrected chi connectivity index (χ4v) is 2.70. The van der Waals surface area contributed by atoms with E-state index >= 15 is 0 Å². The zero-order valence-electron chi connectivity index (χ0n) is 13.9. The Morgan fingerprint density at radius 2 is 1.67 bits per heavy atom. The van der Waals surface area contributed by atoms with Crippen LogP contribution in [0.25, 0.3) is 0 Å². The number of benzene rings is 1. The number of rotatable bonds is 11. The Morgan fingerprint density at radius 1 is 1.00 bits per heavy atom. The summed E-state index contributed by atoms with van der Waals surface area (Å²) in [5.74, 6) is 0. The van der Waals surface area contributed by atoms with Crippen LogP contribution in [0, 0.1) is 0 Å². The molecule has 1 rings (SSSR count). The van der Waals surface area contributed by atoms with Gasteiger partial charge >= 0.3 is 0 Å². The maximum Gasteiger partial charge on any atom is 0.0471 e. The van der Waals surface area contributed by atoms with Crippen molar-refractivity contribution in [2.45, 2.75) is 59.4 Å². The molecule has 0 radical (unpaired) electrons. The summed E-state index contributed by atoms with van der Waals surface area (Å²) >= 11 is 6.45. The quantitative estimate of drug-likeness (QED) is 0.562. The molecule has 0 saturated heterocycles. The topological polar surface area (TPSA) is 15.3 Å². The van der Waals surface area contributed by atoms with Gasteiger partial charge < -0.3 is 10.2 Å². The van der Waals surface area contributed by atoms with E-state index in [1.54, 1.807) is 0 Å². The standard InChI is InChI=1S/C18H31ClN2/c1-4-7-13-21(14-8-5-2)18-11-9-10-17(19)16(18)15-20-12-6-3/h9-11,20H,4-8,12-15H2,1-3H3. The molecule has 120 valence electrons. The molecular weight excluding hydrogens is 280 g/mol. The highest BCUT2D eigenvalue weighted by molar-refractivity contribution is 6.31. The van der Waals surface area contributed by atoms with Gasteiger partial charge in [0.15, 0.2) is 0 Å². The van der Waals surface area contributed by atoms with Crippen molar-refractivity contribution in [2.24, 2.45) is 0 Å². The summed E-state index contributed by atoms with van der Waals surface area (Å²) in [4.78, 5) is 2.52. The average Bonchev–Trinajstić information content (AvgIpc) is 2.49. The van der Waals surface area contributed by atoms with Crippen molar-refractivity contribution in [1.82, 2.24) is 5.32 Å². The van der Waals surface area contributed by atoms with Crippen LogP contribution in [0.1, 0.15) is 58.4 Å². The molecule has 0 aromatic heterocycles. The van der Waals surface area contributed by atoms with E-state index in [-0.39, 0.29) is 0 Å². The minimum absolute atomic E-state index is 0.859. The van der Waals surface area contributed by atoms with Gasteiger partial charge in [0.2, 0.25) is 0 Å². The maximum absolute atomic E-state index is 6.45. The van der Waals surface area contributed by atoms with Crippen molar-refractivity contribution in [1.29, 1.82) is 0 Å². The van der Waals surface area contributed by atoms with Crippen molar-refractivity contribution < 1.29 is 0 Å². The summed E-state index contributed by atoms with van der Waals surface area (Å²) < 4.78 is 0. The molecule has 0 fully saturated rings. The number of halogens is 1. The number of hydrogen-bond donors (Lipinski definition) is 1. The molecule has 0 heterocycles. The molecule has 1 N–H and O–H groups in total. The lowest BCUT2D eigenvalue weighted by Crippen LogP contribution is -2.28.